The van der Waals surface area contributed by atoms with Gasteiger partial charge in [-0.15, -0.1) is 0 Å². The van der Waals surface area contributed by atoms with Gasteiger partial charge in [-0.3, -0.25) is 14.9 Å². The van der Waals surface area contributed by atoms with Gasteiger partial charge in [-0.2, -0.15) is 0 Å². The monoisotopic (exact) mass is 450 g/mol. The highest BCUT2D eigenvalue weighted by molar-refractivity contribution is 6.03. The fourth-order valence-corrected chi connectivity index (χ4v) is 4.26. The Hall–Kier alpha value is -4.32. The average molecular weight is 451 g/mol. The molecule has 0 aliphatic rings. The summed E-state index contributed by atoms with van der Waals surface area (Å²) in [6.45, 7) is 2.50. The molecule has 0 saturated heterocycles. The standard InChI is InChI=1S/C28H26N4O2/c1-19(29-17-16-21-18-30-25-11-7-6-10-24(21)25)26-27(20-8-4-3-5-9-20)31-32(28(26)33)22-12-14-23(34-2)15-13-22/h3-15,18,30-31H,16-17H2,1-2H3. The normalized spacial score (nSPS) is 11.8. The summed E-state index contributed by atoms with van der Waals surface area (Å²) in [5, 5.41) is 4.52. The second-order valence-electron chi connectivity index (χ2n) is 8.14. The van der Waals surface area contributed by atoms with Crippen molar-refractivity contribution in [1.82, 2.24) is 14.8 Å². The molecule has 0 fully saturated rings. The van der Waals surface area contributed by atoms with Gasteiger partial charge >= 0.3 is 0 Å². The highest BCUT2D eigenvalue weighted by Gasteiger charge is 2.19. The summed E-state index contributed by atoms with van der Waals surface area (Å²) in [7, 11) is 1.62. The number of aliphatic imine (C=N–C) groups is 1. The smallest absolute Gasteiger partial charge is 0.280 e. The van der Waals surface area contributed by atoms with Crippen LogP contribution in [0, 0.1) is 0 Å². The van der Waals surface area contributed by atoms with Gasteiger partial charge in [0.05, 0.1) is 24.1 Å². The van der Waals surface area contributed by atoms with E-state index in [9.17, 15) is 4.79 Å². The first-order valence-electron chi connectivity index (χ1n) is 11.3. The molecule has 5 rings (SSSR count). The van der Waals surface area contributed by atoms with Crippen LogP contribution >= 0.6 is 0 Å². The van der Waals surface area contributed by atoms with Crippen molar-refractivity contribution in [3.05, 3.63) is 107 Å². The topological polar surface area (TPSA) is 75.2 Å². The van der Waals surface area contributed by atoms with Gasteiger partial charge < -0.3 is 9.72 Å². The molecule has 0 aliphatic carbocycles. The van der Waals surface area contributed by atoms with Crippen molar-refractivity contribution in [2.45, 2.75) is 13.3 Å². The van der Waals surface area contributed by atoms with Crippen LogP contribution in [-0.2, 0) is 6.42 Å². The number of H-pyrrole nitrogens is 2. The van der Waals surface area contributed by atoms with Crippen molar-refractivity contribution in [2.75, 3.05) is 13.7 Å². The third kappa shape index (κ3) is 4.06. The van der Waals surface area contributed by atoms with Gasteiger partial charge in [-0.1, -0.05) is 48.5 Å². The minimum atomic E-state index is -0.127. The molecule has 0 radical (unpaired) electrons. The van der Waals surface area contributed by atoms with E-state index in [0.717, 1.165) is 34.6 Å². The number of fused-ring (bicyclic) bond motifs is 1. The fraction of sp³-hybridized carbons (Fsp3) is 0.143. The lowest BCUT2D eigenvalue weighted by Crippen LogP contribution is -2.19. The van der Waals surface area contributed by atoms with Gasteiger partial charge in [-0.25, -0.2) is 4.68 Å². The highest BCUT2D eigenvalue weighted by Crippen LogP contribution is 2.23. The van der Waals surface area contributed by atoms with Crippen LogP contribution in [0.1, 0.15) is 18.1 Å². The largest absolute Gasteiger partial charge is 0.497 e. The van der Waals surface area contributed by atoms with Crippen LogP contribution in [0.4, 0.5) is 0 Å². The minimum absolute atomic E-state index is 0.127. The van der Waals surface area contributed by atoms with Crippen molar-refractivity contribution in [3.63, 3.8) is 0 Å². The van der Waals surface area contributed by atoms with E-state index < -0.39 is 0 Å². The molecule has 0 unspecified atom stereocenters. The first kappa shape index (κ1) is 21.5. The molecule has 6 heteroatoms. The second kappa shape index (κ2) is 9.27. The predicted molar refractivity (Wildman–Crippen MR) is 137 cm³/mol. The third-order valence-electron chi connectivity index (χ3n) is 6.05. The van der Waals surface area contributed by atoms with E-state index in [1.807, 2.05) is 79.9 Å². The number of nitrogens with zero attached hydrogens (tertiary/aromatic N) is 2. The maximum Gasteiger partial charge on any atom is 0.280 e. The molecule has 0 spiro atoms. The first-order chi connectivity index (χ1) is 16.7. The minimum Gasteiger partial charge on any atom is -0.497 e. The van der Waals surface area contributed by atoms with E-state index in [-0.39, 0.29) is 5.56 Å². The van der Waals surface area contributed by atoms with Gasteiger partial charge in [-0.05, 0) is 49.2 Å². The molecule has 170 valence electrons. The third-order valence-corrected chi connectivity index (χ3v) is 6.05. The molecule has 0 bridgehead atoms. The zero-order valence-electron chi connectivity index (χ0n) is 19.2. The molecular formula is C28H26N4O2. The molecule has 0 amide bonds. The Labute approximate surface area is 197 Å². The molecule has 3 aromatic carbocycles. The predicted octanol–water partition coefficient (Wildman–Crippen LogP) is 5.37. The maximum atomic E-state index is 13.5. The van der Waals surface area contributed by atoms with Crippen molar-refractivity contribution < 1.29 is 4.74 Å². The molecule has 0 saturated carbocycles. The second-order valence-corrected chi connectivity index (χ2v) is 8.14. The lowest BCUT2D eigenvalue weighted by molar-refractivity contribution is 0.414. The highest BCUT2D eigenvalue weighted by atomic mass is 16.5. The Balaban J connectivity index is 1.50. The Morgan fingerprint density at radius 2 is 1.71 bits per heavy atom. The Morgan fingerprint density at radius 1 is 0.971 bits per heavy atom. The van der Waals surface area contributed by atoms with Crippen LogP contribution in [0.5, 0.6) is 5.75 Å². The summed E-state index contributed by atoms with van der Waals surface area (Å²) in [5.41, 5.74) is 5.95. The summed E-state index contributed by atoms with van der Waals surface area (Å²) >= 11 is 0. The van der Waals surface area contributed by atoms with Gasteiger partial charge in [0.2, 0.25) is 0 Å². The van der Waals surface area contributed by atoms with E-state index in [0.29, 0.717) is 17.8 Å². The Bertz CT molecular complexity index is 1510. The number of nitrogens with one attached hydrogen (secondary N) is 2. The van der Waals surface area contributed by atoms with E-state index >= 15 is 0 Å². The molecule has 34 heavy (non-hydrogen) atoms. The number of aromatic amines is 2. The lowest BCUT2D eigenvalue weighted by atomic mass is 10.1. The summed E-state index contributed by atoms with van der Waals surface area (Å²) < 4.78 is 6.82. The molecule has 2 aromatic heterocycles. The number of hydrogen-bond acceptors (Lipinski definition) is 3. The average Bonchev–Trinajstić information content (AvgIpc) is 3.45. The Morgan fingerprint density at radius 3 is 2.47 bits per heavy atom. The van der Waals surface area contributed by atoms with Crippen LogP contribution in [0.15, 0.2) is 94.8 Å². The summed E-state index contributed by atoms with van der Waals surface area (Å²) in [4.78, 5) is 21.7. The van der Waals surface area contributed by atoms with Crippen LogP contribution in [0.3, 0.4) is 0 Å². The molecule has 0 aliphatic heterocycles. The van der Waals surface area contributed by atoms with Crippen molar-refractivity contribution >= 4 is 16.6 Å². The number of methoxy groups -OCH3 is 1. The van der Waals surface area contributed by atoms with Crippen LogP contribution < -0.4 is 10.3 Å². The van der Waals surface area contributed by atoms with Crippen LogP contribution in [-0.4, -0.2) is 34.1 Å². The maximum absolute atomic E-state index is 13.5. The van der Waals surface area contributed by atoms with Crippen molar-refractivity contribution in [1.29, 1.82) is 0 Å². The lowest BCUT2D eigenvalue weighted by Gasteiger charge is -2.04. The zero-order valence-corrected chi connectivity index (χ0v) is 19.2. The van der Waals surface area contributed by atoms with E-state index in [1.165, 1.54) is 10.9 Å². The number of rotatable bonds is 7. The quantitative estimate of drug-likeness (QED) is 0.327. The molecule has 2 heterocycles. The molecular weight excluding hydrogens is 424 g/mol. The molecule has 0 atom stereocenters. The zero-order chi connectivity index (χ0) is 23.5. The summed E-state index contributed by atoms with van der Waals surface area (Å²) in [6, 6.07) is 25.5. The van der Waals surface area contributed by atoms with E-state index in [4.69, 9.17) is 9.73 Å². The van der Waals surface area contributed by atoms with Crippen molar-refractivity contribution in [2.24, 2.45) is 4.99 Å². The van der Waals surface area contributed by atoms with Crippen LogP contribution in [0.25, 0.3) is 27.8 Å². The van der Waals surface area contributed by atoms with E-state index in [2.05, 4.69) is 22.2 Å². The Kier molecular flexibility index (Phi) is 5.87. The van der Waals surface area contributed by atoms with Gasteiger partial charge in [0.15, 0.2) is 0 Å². The van der Waals surface area contributed by atoms with E-state index in [1.54, 1.807) is 11.8 Å². The summed E-state index contributed by atoms with van der Waals surface area (Å²) in [5.74, 6) is 0.738. The number of para-hydroxylation sites is 1. The fourth-order valence-electron chi connectivity index (χ4n) is 4.26. The van der Waals surface area contributed by atoms with Crippen LogP contribution in [0.2, 0.25) is 0 Å². The van der Waals surface area contributed by atoms with Gasteiger partial charge in [0, 0.05) is 34.9 Å². The number of aromatic nitrogens is 3. The molecule has 6 nitrogen and oxygen atoms in total. The number of benzene rings is 3. The summed E-state index contributed by atoms with van der Waals surface area (Å²) in [6.07, 6.45) is 2.83. The number of hydrogen-bond donors (Lipinski definition) is 2. The molecule has 2 N–H and O–H groups in total. The molecule has 5 aromatic rings. The SMILES string of the molecule is COc1ccc(-n2[nH]c(-c3ccccc3)c(C(C)=NCCc3c[nH]c4ccccc34)c2=O)cc1. The van der Waals surface area contributed by atoms with Gasteiger partial charge in [0.25, 0.3) is 5.56 Å². The van der Waals surface area contributed by atoms with Gasteiger partial charge in [0.1, 0.15) is 5.75 Å². The van der Waals surface area contributed by atoms with Crippen molar-refractivity contribution in [3.8, 4) is 22.7 Å². The number of ether oxygens (including phenoxy) is 1. The first-order valence-corrected chi connectivity index (χ1v) is 11.3.